The SMILES string of the molecule is CO[C@H](COC(C)=O)[C@@H](O)[C@@H]1O[C@](O)(C(=O)O)C[C@H](O)[C@H]1NC(=O)CO. The van der Waals surface area contributed by atoms with Crippen LogP contribution in [0.4, 0.5) is 0 Å². The molecule has 1 rings (SSSR count). The lowest BCUT2D eigenvalue weighted by atomic mass is 9.88. The fourth-order valence-corrected chi connectivity index (χ4v) is 2.52. The van der Waals surface area contributed by atoms with Crippen LogP contribution in [0.2, 0.25) is 0 Å². The Hall–Kier alpha value is -1.83. The summed E-state index contributed by atoms with van der Waals surface area (Å²) in [6.07, 6.45) is -7.03. The van der Waals surface area contributed by atoms with Gasteiger partial charge in [0.15, 0.2) is 0 Å². The highest BCUT2D eigenvalue weighted by Crippen LogP contribution is 2.31. The van der Waals surface area contributed by atoms with E-state index in [9.17, 15) is 29.7 Å². The predicted molar refractivity (Wildman–Crippen MR) is 80.5 cm³/mol. The van der Waals surface area contributed by atoms with Gasteiger partial charge >= 0.3 is 11.9 Å². The third kappa shape index (κ3) is 5.33. The summed E-state index contributed by atoms with van der Waals surface area (Å²) in [5, 5.41) is 50.8. The summed E-state index contributed by atoms with van der Waals surface area (Å²) in [4.78, 5) is 33.6. The minimum Gasteiger partial charge on any atom is -0.477 e. The number of carboxylic acids is 1. The molecule has 0 aromatic carbocycles. The minimum absolute atomic E-state index is 0.435. The average molecular weight is 381 g/mol. The lowest BCUT2D eigenvalue weighted by Gasteiger charge is -2.45. The van der Waals surface area contributed by atoms with Crippen molar-refractivity contribution in [1.29, 1.82) is 0 Å². The first-order valence-electron chi connectivity index (χ1n) is 7.61. The number of nitrogens with one attached hydrogen (secondary N) is 1. The van der Waals surface area contributed by atoms with Crippen molar-refractivity contribution in [2.75, 3.05) is 20.3 Å². The Morgan fingerprint density at radius 1 is 1.38 bits per heavy atom. The van der Waals surface area contributed by atoms with Crippen LogP contribution in [-0.2, 0) is 28.6 Å². The van der Waals surface area contributed by atoms with Gasteiger partial charge in [-0.3, -0.25) is 9.59 Å². The maximum atomic E-state index is 11.5. The first-order valence-corrected chi connectivity index (χ1v) is 7.61. The summed E-state index contributed by atoms with van der Waals surface area (Å²) in [6.45, 7) is -0.251. The van der Waals surface area contributed by atoms with E-state index in [1.165, 1.54) is 7.11 Å². The number of carboxylic acid groups (broad SMARTS) is 1. The second-order valence-electron chi connectivity index (χ2n) is 5.76. The number of methoxy groups -OCH3 is 1. The van der Waals surface area contributed by atoms with E-state index in [4.69, 9.17) is 24.4 Å². The molecule has 12 nitrogen and oxygen atoms in total. The highest BCUT2D eigenvalue weighted by Gasteiger charge is 2.54. The standard InChI is InChI=1S/C14H23NO11/c1-6(17)25-5-8(24-2)11(20)12-10(15-9(19)4-16)7(18)3-14(23,26-12)13(21)22/h7-8,10-12,16,18,20,23H,3-5H2,1-2H3,(H,15,19)(H,21,22)/t7-,8+,10+,11+,12+,14-/m0/s1. The molecule has 0 aromatic rings. The van der Waals surface area contributed by atoms with Gasteiger partial charge in [0.05, 0.1) is 12.1 Å². The first-order chi connectivity index (χ1) is 12.1. The molecule has 0 aliphatic carbocycles. The van der Waals surface area contributed by atoms with E-state index in [2.05, 4.69) is 5.32 Å². The van der Waals surface area contributed by atoms with Crippen molar-refractivity contribution in [3.8, 4) is 0 Å². The zero-order chi connectivity index (χ0) is 20.1. The van der Waals surface area contributed by atoms with Crippen molar-refractivity contribution in [3.05, 3.63) is 0 Å². The van der Waals surface area contributed by atoms with Gasteiger partial charge in [0, 0.05) is 20.5 Å². The third-order valence-electron chi connectivity index (χ3n) is 3.86. The molecule has 0 saturated carbocycles. The Kier molecular flexibility index (Phi) is 7.87. The maximum absolute atomic E-state index is 11.5. The number of aliphatic hydroxyl groups excluding tert-OH is 3. The molecule has 1 aliphatic heterocycles. The van der Waals surface area contributed by atoms with Crippen LogP contribution in [0.3, 0.4) is 0 Å². The van der Waals surface area contributed by atoms with Gasteiger partial charge < -0.3 is 45.1 Å². The summed E-state index contributed by atoms with van der Waals surface area (Å²) < 4.78 is 14.7. The summed E-state index contributed by atoms with van der Waals surface area (Å²) in [5.74, 6) is -6.24. The van der Waals surface area contributed by atoms with Crippen molar-refractivity contribution in [3.63, 3.8) is 0 Å². The summed E-state index contributed by atoms with van der Waals surface area (Å²) in [7, 11) is 1.17. The van der Waals surface area contributed by atoms with E-state index in [0.717, 1.165) is 6.92 Å². The number of amides is 1. The Morgan fingerprint density at radius 2 is 2.00 bits per heavy atom. The van der Waals surface area contributed by atoms with E-state index in [0.29, 0.717) is 0 Å². The maximum Gasteiger partial charge on any atom is 0.364 e. The molecule has 26 heavy (non-hydrogen) atoms. The van der Waals surface area contributed by atoms with Crippen LogP contribution in [-0.4, -0.2) is 99.9 Å². The Balaban J connectivity index is 3.10. The van der Waals surface area contributed by atoms with Gasteiger partial charge in [-0.25, -0.2) is 4.79 Å². The molecule has 1 saturated heterocycles. The number of hydrogen-bond donors (Lipinski definition) is 6. The molecule has 0 unspecified atom stereocenters. The van der Waals surface area contributed by atoms with E-state index in [1.807, 2.05) is 0 Å². The van der Waals surface area contributed by atoms with E-state index >= 15 is 0 Å². The smallest absolute Gasteiger partial charge is 0.364 e. The second kappa shape index (κ2) is 9.21. The topological polar surface area (TPSA) is 192 Å². The molecule has 0 aromatic heterocycles. The van der Waals surface area contributed by atoms with Crippen LogP contribution in [0.5, 0.6) is 0 Å². The molecule has 0 radical (unpaired) electrons. The van der Waals surface area contributed by atoms with Crippen molar-refractivity contribution < 1.29 is 54.1 Å². The van der Waals surface area contributed by atoms with Crippen molar-refractivity contribution >= 4 is 17.8 Å². The van der Waals surface area contributed by atoms with Crippen LogP contribution >= 0.6 is 0 Å². The van der Waals surface area contributed by atoms with E-state index < -0.39 is 73.7 Å². The molecule has 0 spiro atoms. The lowest BCUT2D eigenvalue weighted by Crippen LogP contribution is -2.67. The lowest BCUT2D eigenvalue weighted by molar-refractivity contribution is -0.296. The predicted octanol–water partition coefficient (Wildman–Crippen LogP) is -3.67. The van der Waals surface area contributed by atoms with Crippen LogP contribution in [0.15, 0.2) is 0 Å². The fraction of sp³-hybridized carbons (Fsp3) is 0.786. The highest BCUT2D eigenvalue weighted by atomic mass is 16.7. The Labute approximate surface area is 148 Å². The second-order valence-corrected chi connectivity index (χ2v) is 5.76. The molecule has 1 amide bonds. The van der Waals surface area contributed by atoms with Gasteiger partial charge in [0.25, 0.3) is 5.79 Å². The quantitative estimate of drug-likeness (QED) is 0.227. The molecular weight excluding hydrogens is 358 g/mol. The molecule has 0 bridgehead atoms. The van der Waals surface area contributed by atoms with Crippen LogP contribution < -0.4 is 5.32 Å². The largest absolute Gasteiger partial charge is 0.477 e. The van der Waals surface area contributed by atoms with Crippen molar-refractivity contribution in [1.82, 2.24) is 5.32 Å². The fourth-order valence-electron chi connectivity index (χ4n) is 2.52. The molecule has 1 aliphatic rings. The average Bonchev–Trinajstić information content (AvgIpc) is 2.56. The Morgan fingerprint density at radius 3 is 2.46 bits per heavy atom. The molecule has 12 heteroatoms. The molecule has 6 N–H and O–H groups in total. The summed E-state index contributed by atoms with van der Waals surface area (Å²) in [6, 6.07) is -1.38. The van der Waals surface area contributed by atoms with Gasteiger partial charge in [-0.1, -0.05) is 0 Å². The van der Waals surface area contributed by atoms with Crippen LogP contribution in [0.1, 0.15) is 13.3 Å². The number of aliphatic hydroxyl groups is 4. The number of carbonyl (C=O) groups is 3. The normalized spacial score (nSPS) is 30.9. The van der Waals surface area contributed by atoms with Gasteiger partial charge in [-0.05, 0) is 0 Å². The van der Waals surface area contributed by atoms with Gasteiger partial charge in [-0.15, -0.1) is 0 Å². The minimum atomic E-state index is -2.83. The van der Waals surface area contributed by atoms with Crippen molar-refractivity contribution in [2.24, 2.45) is 0 Å². The third-order valence-corrected chi connectivity index (χ3v) is 3.86. The number of hydrogen-bond acceptors (Lipinski definition) is 10. The summed E-state index contributed by atoms with van der Waals surface area (Å²) in [5.41, 5.74) is 0. The summed E-state index contributed by atoms with van der Waals surface area (Å²) >= 11 is 0. The van der Waals surface area contributed by atoms with Gasteiger partial charge in [0.1, 0.15) is 31.5 Å². The number of aliphatic carboxylic acids is 1. The van der Waals surface area contributed by atoms with Crippen LogP contribution in [0, 0.1) is 0 Å². The monoisotopic (exact) mass is 381 g/mol. The molecule has 1 fully saturated rings. The van der Waals surface area contributed by atoms with E-state index in [-0.39, 0.29) is 0 Å². The van der Waals surface area contributed by atoms with Gasteiger partial charge in [0.2, 0.25) is 5.91 Å². The highest BCUT2D eigenvalue weighted by molar-refractivity contribution is 5.78. The van der Waals surface area contributed by atoms with E-state index in [1.54, 1.807) is 0 Å². The van der Waals surface area contributed by atoms with Gasteiger partial charge in [-0.2, -0.15) is 0 Å². The number of rotatable bonds is 8. The number of carbonyl (C=O) groups excluding carboxylic acids is 2. The number of esters is 1. The Bertz CT molecular complexity index is 527. The van der Waals surface area contributed by atoms with Crippen molar-refractivity contribution in [2.45, 2.75) is 49.6 Å². The zero-order valence-electron chi connectivity index (χ0n) is 14.2. The molecule has 6 atom stereocenters. The molecule has 1 heterocycles. The molecular formula is C14H23NO11. The number of ether oxygens (including phenoxy) is 3. The zero-order valence-corrected chi connectivity index (χ0v) is 14.2. The van der Waals surface area contributed by atoms with Crippen LogP contribution in [0.25, 0.3) is 0 Å². The first kappa shape index (κ1) is 22.2. The molecule has 150 valence electrons.